The zero-order valence-corrected chi connectivity index (χ0v) is 8.25. The third-order valence-corrected chi connectivity index (χ3v) is 3.59. The molecule has 0 aromatic heterocycles. The van der Waals surface area contributed by atoms with Crippen LogP contribution in [0.25, 0.3) is 0 Å². The molecule has 0 bridgehead atoms. The number of aliphatic carboxylic acids is 1. The lowest BCUT2D eigenvalue weighted by atomic mass is 9.67. The summed E-state index contributed by atoms with van der Waals surface area (Å²) >= 11 is 0. The molecule has 1 saturated heterocycles. The minimum atomic E-state index is -4.99. The predicted octanol–water partition coefficient (Wildman–Crippen LogP) is 1.01. The third-order valence-electron chi connectivity index (χ3n) is 3.59. The van der Waals surface area contributed by atoms with E-state index in [1.807, 2.05) is 0 Å². The van der Waals surface area contributed by atoms with Gasteiger partial charge in [-0.25, -0.2) is 4.79 Å². The Kier molecular flexibility index (Phi) is 2.18. The average Bonchev–Trinajstić information content (AvgIpc) is 2.35. The second kappa shape index (κ2) is 3.11. The van der Waals surface area contributed by atoms with Crippen molar-refractivity contribution in [1.82, 2.24) is 4.90 Å². The minimum absolute atomic E-state index is 0.116. The number of carbonyl (C=O) groups is 2. The van der Waals surface area contributed by atoms with Crippen LogP contribution < -0.4 is 0 Å². The molecule has 0 radical (unpaired) electrons. The van der Waals surface area contributed by atoms with Crippen molar-refractivity contribution in [2.24, 2.45) is 5.92 Å². The standard InChI is InChI=1S/C9H10F3NO3/c10-9(11,12)6(14)13-4-2-5-1-3-8(5,13)7(15)16/h5H,1-4H2,(H,15,16)/t5-,8-/m0/s1. The van der Waals surface area contributed by atoms with Crippen molar-refractivity contribution in [3.63, 3.8) is 0 Å². The number of amides is 1. The van der Waals surface area contributed by atoms with Crippen molar-refractivity contribution in [2.75, 3.05) is 6.54 Å². The molecular weight excluding hydrogens is 227 g/mol. The lowest BCUT2D eigenvalue weighted by Gasteiger charge is -2.46. The molecule has 7 heteroatoms. The lowest BCUT2D eigenvalue weighted by molar-refractivity contribution is -0.197. The maximum atomic E-state index is 12.3. The van der Waals surface area contributed by atoms with Crippen LogP contribution in [0.3, 0.4) is 0 Å². The van der Waals surface area contributed by atoms with Crippen molar-refractivity contribution in [2.45, 2.75) is 31.0 Å². The van der Waals surface area contributed by atoms with E-state index < -0.39 is 23.6 Å². The molecule has 0 unspecified atom stereocenters. The Bertz CT molecular complexity index is 354. The first kappa shape index (κ1) is 11.2. The Morgan fingerprint density at radius 2 is 1.94 bits per heavy atom. The number of rotatable bonds is 1. The number of hydrogen-bond donors (Lipinski definition) is 1. The predicted molar refractivity (Wildman–Crippen MR) is 45.5 cm³/mol. The quantitative estimate of drug-likeness (QED) is 0.740. The fraction of sp³-hybridized carbons (Fsp3) is 0.778. The van der Waals surface area contributed by atoms with Gasteiger partial charge in [-0.05, 0) is 25.2 Å². The Labute approximate surface area is 89.0 Å². The zero-order chi connectivity index (χ0) is 12.1. The van der Waals surface area contributed by atoms with E-state index in [4.69, 9.17) is 5.11 Å². The summed E-state index contributed by atoms with van der Waals surface area (Å²) in [5, 5.41) is 9.02. The molecule has 1 aliphatic heterocycles. The fourth-order valence-corrected chi connectivity index (χ4v) is 2.68. The van der Waals surface area contributed by atoms with Gasteiger partial charge in [0, 0.05) is 6.54 Å². The molecule has 2 rings (SSSR count). The van der Waals surface area contributed by atoms with Crippen molar-refractivity contribution in [1.29, 1.82) is 0 Å². The summed E-state index contributed by atoms with van der Waals surface area (Å²) < 4.78 is 36.8. The Balaban J connectivity index is 2.29. The van der Waals surface area contributed by atoms with E-state index in [0.717, 1.165) is 0 Å². The molecule has 16 heavy (non-hydrogen) atoms. The van der Waals surface area contributed by atoms with Crippen molar-refractivity contribution >= 4 is 11.9 Å². The minimum Gasteiger partial charge on any atom is -0.479 e. The molecule has 1 saturated carbocycles. The molecule has 1 aliphatic carbocycles. The van der Waals surface area contributed by atoms with Crippen LogP contribution in [0.4, 0.5) is 13.2 Å². The molecule has 2 atom stereocenters. The molecule has 90 valence electrons. The van der Waals surface area contributed by atoms with Crippen LogP contribution in [-0.4, -0.2) is 40.1 Å². The van der Waals surface area contributed by atoms with Crippen LogP contribution in [0.5, 0.6) is 0 Å². The summed E-state index contributed by atoms with van der Waals surface area (Å²) in [6.07, 6.45) is -3.95. The SMILES string of the molecule is O=C(N1CC[C@@H]2CC[C@@]21C(=O)O)C(F)(F)F. The van der Waals surface area contributed by atoms with Crippen molar-refractivity contribution in [3.05, 3.63) is 0 Å². The normalized spacial score (nSPS) is 33.2. The van der Waals surface area contributed by atoms with Crippen LogP contribution in [-0.2, 0) is 9.59 Å². The first-order valence-corrected chi connectivity index (χ1v) is 4.92. The lowest BCUT2D eigenvalue weighted by Crippen LogP contribution is -2.63. The molecule has 1 heterocycles. The van der Waals surface area contributed by atoms with Crippen molar-refractivity contribution in [3.8, 4) is 0 Å². The summed E-state index contributed by atoms with van der Waals surface area (Å²) in [5.41, 5.74) is -1.59. The number of fused-ring (bicyclic) bond motifs is 1. The largest absolute Gasteiger partial charge is 0.479 e. The maximum absolute atomic E-state index is 12.3. The van der Waals surface area contributed by atoms with Gasteiger partial charge < -0.3 is 10.0 Å². The van der Waals surface area contributed by atoms with Gasteiger partial charge in [0.25, 0.3) is 0 Å². The Hall–Kier alpha value is -1.27. The smallest absolute Gasteiger partial charge is 0.471 e. The van der Waals surface area contributed by atoms with Crippen LogP contribution in [0.1, 0.15) is 19.3 Å². The molecule has 0 aromatic carbocycles. The second-order valence-electron chi connectivity index (χ2n) is 4.21. The van der Waals surface area contributed by atoms with Gasteiger partial charge in [-0.15, -0.1) is 0 Å². The number of carboxylic acids is 1. The molecular formula is C9H10F3NO3. The van der Waals surface area contributed by atoms with Gasteiger partial charge in [0.1, 0.15) is 5.54 Å². The van der Waals surface area contributed by atoms with Gasteiger partial charge in [-0.2, -0.15) is 13.2 Å². The fourth-order valence-electron chi connectivity index (χ4n) is 2.68. The monoisotopic (exact) mass is 237 g/mol. The van der Waals surface area contributed by atoms with Gasteiger partial charge in [0.05, 0.1) is 0 Å². The van der Waals surface area contributed by atoms with Crippen LogP contribution in [0, 0.1) is 5.92 Å². The molecule has 0 spiro atoms. The Morgan fingerprint density at radius 1 is 1.31 bits per heavy atom. The number of likely N-dealkylation sites (tertiary alicyclic amines) is 1. The molecule has 2 aliphatic rings. The number of carbonyl (C=O) groups excluding carboxylic acids is 1. The Morgan fingerprint density at radius 3 is 2.31 bits per heavy atom. The van der Waals surface area contributed by atoms with Gasteiger partial charge in [-0.3, -0.25) is 4.79 Å². The highest BCUT2D eigenvalue weighted by atomic mass is 19.4. The zero-order valence-electron chi connectivity index (χ0n) is 8.25. The van der Waals surface area contributed by atoms with Crippen LogP contribution in [0.15, 0.2) is 0 Å². The van der Waals surface area contributed by atoms with E-state index in [2.05, 4.69) is 0 Å². The van der Waals surface area contributed by atoms with E-state index in [-0.39, 0.29) is 18.9 Å². The van der Waals surface area contributed by atoms with E-state index in [1.54, 1.807) is 0 Å². The maximum Gasteiger partial charge on any atom is 0.471 e. The highest BCUT2D eigenvalue weighted by molar-refractivity contribution is 5.91. The number of halogens is 3. The van der Waals surface area contributed by atoms with E-state index >= 15 is 0 Å². The van der Waals surface area contributed by atoms with E-state index in [9.17, 15) is 22.8 Å². The first-order chi connectivity index (χ1) is 7.30. The number of carboxylic acid groups (broad SMARTS) is 1. The van der Waals surface area contributed by atoms with Crippen LogP contribution >= 0.6 is 0 Å². The molecule has 0 aromatic rings. The van der Waals surface area contributed by atoms with E-state index in [0.29, 0.717) is 17.7 Å². The summed E-state index contributed by atoms with van der Waals surface area (Å²) in [6.45, 7) is -0.116. The number of nitrogens with zero attached hydrogens (tertiary/aromatic N) is 1. The average molecular weight is 237 g/mol. The van der Waals surface area contributed by atoms with Crippen molar-refractivity contribution < 1.29 is 27.9 Å². The van der Waals surface area contributed by atoms with Crippen LogP contribution in [0.2, 0.25) is 0 Å². The van der Waals surface area contributed by atoms with Gasteiger partial charge >= 0.3 is 18.1 Å². The van der Waals surface area contributed by atoms with Gasteiger partial charge in [0.15, 0.2) is 0 Å². The van der Waals surface area contributed by atoms with E-state index in [1.165, 1.54) is 0 Å². The number of hydrogen-bond acceptors (Lipinski definition) is 2. The third kappa shape index (κ3) is 1.23. The molecule has 2 fully saturated rings. The summed E-state index contributed by atoms with van der Waals surface area (Å²) in [7, 11) is 0. The highest BCUT2D eigenvalue weighted by Crippen LogP contribution is 2.51. The number of alkyl halides is 3. The molecule has 1 N–H and O–H groups in total. The van der Waals surface area contributed by atoms with Gasteiger partial charge in [-0.1, -0.05) is 0 Å². The summed E-state index contributed by atoms with van der Waals surface area (Å²) in [6, 6.07) is 0. The topological polar surface area (TPSA) is 57.6 Å². The first-order valence-electron chi connectivity index (χ1n) is 4.92. The summed E-state index contributed by atoms with van der Waals surface area (Å²) in [4.78, 5) is 22.7. The highest BCUT2D eigenvalue weighted by Gasteiger charge is 2.64. The summed E-state index contributed by atoms with van der Waals surface area (Å²) in [5.74, 6) is -3.67. The van der Waals surface area contributed by atoms with Gasteiger partial charge in [0.2, 0.25) is 0 Å². The second-order valence-corrected chi connectivity index (χ2v) is 4.21. The molecule has 1 amide bonds. The molecule has 4 nitrogen and oxygen atoms in total.